The highest BCUT2D eigenvalue weighted by atomic mass is 16.5. The smallest absolute Gasteiger partial charge is 0.0474 e. The molecule has 1 aliphatic heterocycles. The van der Waals surface area contributed by atoms with Gasteiger partial charge in [0.05, 0.1) is 0 Å². The van der Waals surface area contributed by atoms with Crippen LogP contribution in [0.4, 0.5) is 0 Å². The Bertz CT molecular complexity index is 147. The molecule has 0 radical (unpaired) electrons. The van der Waals surface area contributed by atoms with Gasteiger partial charge in [-0.2, -0.15) is 0 Å². The molecule has 0 amide bonds. The van der Waals surface area contributed by atoms with Gasteiger partial charge >= 0.3 is 0 Å². The van der Waals surface area contributed by atoms with Gasteiger partial charge in [-0.1, -0.05) is 0 Å². The number of rotatable bonds is 8. The van der Waals surface area contributed by atoms with Gasteiger partial charge in [-0.25, -0.2) is 0 Å². The Morgan fingerprint density at radius 3 is 2.80 bits per heavy atom. The van der Waals surface area contributed by atoms with E-state index in [0.29, 0.717) is 0 Å². The van der Waals surface area contributed by atoms with E-state index in [2.05, 4.69) is 17.3 Å². The monoisotopic (exact) mass is 214 g/mol. The fourth-order valence-corrected chi connectivity index (χ4v) is 2.20. The average molecular weight is 214 g/mol. The summed E-state index contributed by atoms with van der Waals surface area (Å²) in [6.07, 6.45) is 5.27. The highest BCUT2D eigenvalue weighted by Crippen LogP contribution is 2.14. The van der Waals surface area contributed by atoms with E-state index in [0.717, 1.165) is 25.5 Å². The molecule has 1 aliphatic rings. The Morgan fingerprint density at radius 1 is 1.33 bits per heavy atom. The zero-order valence-electron chi connectivity index (χ0n) is 10.3. The van der Waals surface area contributed by atoms with Crippen molar-refractivity contribution < 1.29 is 4.74 Å². The van der Waals surface area contributed by atoms with Crippen LogP contribution < -0.4 is 5.32 Å². The fraction of sp³-hybridized carbons (Fsp3) is 1.00. The standard InChI is InChI=1S/C12H26N2O/c1-14(9-4-10-15-2)8-3-5-12-6-7-13-11-12/h12-13H,3-11H2,1-2H3. The van der Waals surface area contributed by atoms with Crippen LogP contribution >= 0.6 is 0 Å². The van der Waals surface area contributed by atoms with Crippen LogP contribution in [0.2, 0.25) is 0 Å². The largest absolute Gasteiger partial charge is 0.385 e. The number of methoxy groups -OCH3 is 1. The summed E-state index contributed by atoms with van der Waals surface area (Å²) in [6.45, 7) is 5.76. The minimum absolute atomic E-state index is 0.886. The molecule has 15 heavy (non-hydrogen) atoms. The van der Waals surface area contributed by atoms with E-state index in [-0.39, 0.29) is 0 Å². The molecule has 3 nitrogen and oxygen atoms in total. The summed E-state index contributed by atoms with van der Waals surface area (Å²) in [7, 11) is 3.98. The molecular weight excluding hydrogens is 188 g/mol. The van der Waals surface area contributed by atoms with Gasteiger partial charge in [0.2, 0.25) is 0 Å². The lowest BCUT2D eigenvalue weighted by Crippen LogP contribution is -2.22. The van der Waals surface area contributed by atoms with E-state index >= 15 is 0 Å². The number of nitrogens with zero attached hydrogens (tertiary/aromatic N) is 1. The van der Waals surface area contributed by atoms with Crippen LogP contribution in [0.5, 0.6) is 0 Å². The Hall–Kier alpha value is -0.120. The van der Waals surface area contributed by atoms with E-state index in [1.807, 2.05) is 0 Å². The Morgan fingerprint density at radius 2 is 2.13 bits per heavy atom. The van der Waals surface area contributed by atoms with Crippen molar-refractivity contribution in [3.63, 3.8) is 0 Å². The molecule has 0 saturated carbocycles. The molecule has 90 valence electrons. The van der Waals surface area contributed by atoms with Crippen molar-refractivity contribution in [2.45, 2.75) is 25.7 Å². The number of nitrogens with one attached hydrogen (secondary N) is 1. The van der Waals surface area contributed by atoms with Crippen molar-refractivity contribution in [2.75, 3.05) is 46.9 Å². The molecule has 1 N–H and O–H groups in total. The minimum atomic E-state index is 0.886. The van der Waals surface area contributed by atoms with Crippen LogP contribution in [0.15, 0.2) is 0 Å². The second-order valence-electron chi connectivity index (χ2n) is 4.65. The molecule has 0 bridgehead atoms. The SMILES string of the molecule is COCCCN(C)CCCC1CCNC1. The van der Waals surface area contributed by atoms with Gasteiger partial charge in [0.15, 0.2) is 0 Å². The second-order valence-corrected chi connectivity index (χ2v) is 4.65. The van der Waals surface area contributed by atoms with Crippen molar-refractivity contribution in [1.29, 1.82) is 0 Å². The van der Waals surface area contributed by atoms with Crippen molar-refractivity contribution >= 4 is 0 Å². The number of hydrogen-bond acceptors (Lipinski definition) is 3. The molecular formula is C12H26N2O. The maximum Gasteiger partial charge on any atom is 0.0474 e. The van der Waals surface area contributed by atoms with Crippen LogP contribution in [-0.2, 0) is 4.74 Å². The van der Waals surface area contributed by atoms with E-state index in [9.17, 15) is 0 Å². The molecule has 1 atom stereocenters. The van der Waals surface area contributed by atoms with Gasteiger partial charge in [-0.15, -0.1) is 0 Å². The van der Waals surface area contributed by atoms with Crippen LogP contribution in [-0.4, -0.2) is 51.8 Å². The summed E-state index contributed by atoms with van der Waals surface area (Å²) in [4.78, 5) is 2.42. The van der Waals surface area contributed by atoms with Crippen LogP contribution in [0, 0.1) is 5.92 Å². The first kappa shape index (κ1) is 12.9. The molecule has 0 spiro atoms. The molecule has 0 aliphatic carbocycles. The van der Waals surface area contributed by atoms with Crippen LogP contribution in [0.3, 0.4) is 0 Å². The quantitative estimate of drug-likeness (QED) is 0.617. The van der Waals surface area contributed by atoms with Gasteiger partial charge in [-0.3, -0.25) is 0 Å². The zero-order valence-corrected chi connectivity index (χ0v) is 10.3. The normalized spacial score (nSPS) is 21.4. The second kappa shape index (κ2) is 8.08. The van der Waals surface area contributed by atoms with Gasteiger partial charge in [0.1, 0.15) is 0 Å². The predicted molar refractivity (Wildman–Crippen MR) is 64.2 cm³/mol. The first-order valence-corrected chi connectivity index (χ1v) is 6.21. The van der Waals surface area contributed by atoms with Gasteiger partial charge in [0.25, 0.3) is 0 Å². The first-order valence-electron chi connectivity index (χ1n) is 6.21. The van der Waals surface area contributed by atoms with Gasteiger partial charge < -0.3 is 15.0 Å². The third-order valence-corrected chi connectivity index (χ3v) is 3.20. The van der Waals surface area contributed by atoms with E-state index in [1.165, 1.54) is 38.9 Å². The topological polar surface area (TPSA) is 24.5 Å². The molecule has 0 aromatic heterocycles. The molecule has 1 unspecified atom stereocenters. The number of ether oxygens (including phenoxy) is 1. The Balaban J connectivity index is 1.89. The Labute approximate surface area is 94.2 Å². The first-order chi connectivity index (χ1) is 7.33. The van der Waals surface area contributed by atoms with Crippen molar-refractivity contribution in [3.8, 4) is 0 Å². The lowest BCUT2D eigenvalue weighted by molar-refractivity contribution is 0.178. The molecule has 0 aromatic rings. The summed E-state index contributed by atoms with van der Waals surface area (Å²) >= 11 is 0. The molecule has 1 fully saturated rings. The lowest BCUT2D eigenvalue weighted by Gasteiger charge is -2.17. The van der Waals surface area contributed by atoms with Crippen molar-refractivity contribution in [3.05, 3.63) is 0 Å². The summed E-state index contributed by atoms with van der Waals surface area (Å²) in [6, 6.07) is 0. The molecule has 3 heteroatoms. The van der Waals surface area contributed by atoms with Crippen molar-refractivity contribution in [1.82, 2.24) is 10.2 Å². The minimum Gasteiger partial charge on any atom is -0.385 e. The zero-order chi connectivity index (χ0) is 10.9. The number of hydrogen-bond donors (Lipinski definition) is 1. The van der Waals surface area contributed by atoms with Crippen LogP contribution in [0.25, 0.3) is 0 Å². The lowest BCUT2D eigenvalue weighted by atomic mass is 10.0. The molecule has 0 aromatic carbocycles. The third-order valence-electron chi connectivity index (χ3n) is 3.20. The maximum atomic E-state index is 5.04. The fourth-order valence-electron chi connectivity index (χ4n) is 2.20. The third kappa shape index (κ3) is 6.13. The molecule has 1 heterocycles. The highest BCUT2D eigenvalue weighted by molar-refractivity contribution is 4.71. The van der Waals surface area contributed by atoms with Crippen molar-refractivity contribution in [2.24, 2.45) is 5.92 Å². The maximum absolute atomic E-state index is 5.04. The van der Waals surface area contributed by atoms with Gasteiger partial charge in [0, 0.05) is 20.3 Å². The van der Waals surface area contributed by atoms with Crippen LogP contribution in [0.1, 0.15) is 25.7 Å². The summed E-state index contributed by atoms with van der Waals surface area (Å²) in [5.74, 6) is 0.942. The predicted octanol–water partition coefficient (Wildman–Crippen LogP) is 1.34. The van der Waals surface area contributed by atoms with E-state index < -0.39 is 0 Å². The summed E-state index contributed by atoms with van der Waals surface area (Å²) < 4.78 is 5.04. The molecule has 1 rings (SSSR count). The highest BCUT2D eigenvalue weighted by Gasteiger charge is 2.13. The summed E-state index contributed by atoms with van der Waals surface area (Å²) in [5, 5.41) is 3.42. The van der Waals surface area contributed by atoms with E-state index in [1.54, 1.807) is 7.11 Å². The Kier molecular flexibility index (Phi) is 6.98. The molecule has 1 saturated heterocycles. The van der Waals surface area contributed by atoms with E-state index in [4.69, 9.17) is 4.74 Å². The summed E-state index contributed by atoms with van der Waals surface area (Å²) in [5.41, 5.74) is 0. The van der Waals surface area contributed by atoms with Gasteiger partial charge in [-0.05, 0) is 58.3 Å². The average Bonchev–Trinajstić information content (AvgIpc) is 2.71.